The van der Waals surface area contributed by atoms with Crippen molar-refractivity contribution in [1.29, 1.82) is 0 Å². The molecule has 11 nitrogen and oxygen atoms in total. The number of hydrogen-bond acceptors (Lipinski definition) is 7. The van der Waals surface area contributed by atoms with Gasteiger partial charge in [0, 0.05) is 0 Å². The van der Waals surface area contributed by atoms with E-state index in [1.54, 1.807) is 0 Å². The second-order valence-corrected chi connectivity index (χ2v) is 5.09. The molecule has 0 saturated carbocycles. The Bertz CT molecular complexity index is 927. The average Bonchev–Trinajstić information content (AvgIpc) is 2.60. The maximum Gasteiger partial charge on any atom is 0.519 e. The van der Waals surface area contributed by atoms with Gasteiger partial charge in [0.25, 0.3) is 0 Å². The summed E-state index contributed by atoms with van der Waals surface area (Å²) in [7, 11) is 0. The van der Waals surface area contributed by atoms with Crippen molar-refractivity contribution in [2.75, 3.05) is 0 Å². The molecule has 28 heavy (non-hydrogen) atoms. The first kappa shape index (κ1) is 19.9. The van der Waals surface area contributed by atoms with Crippen LogP contribution in [0, 0.1) is 0 Å². The van der Waals surface area contributed by atoms with Gasteiger partial charge in [0.1, 0.15) is 11.5 Å². The molecule has 144 valence electrons. The first-order valence-corrected chi connectivity index (χ1v) is 7.21. The lowest BCUT2D eigenvalue weighted by Crippen LogP contribution is -2.16. The Balaban J connectivity index is 2.23. The van der Waals surface area contributed by atoms with Crippen molar-refractivity contribution < 1.29 is 53.9 Å². The topological polar surface area (TPSA) is 185 Å². The number of carbonyl (C=O) groups is 5. The van der Waals surface area contributed by atoms with Gasteiger partial charge in [0.05, 0.1) is 22.3 Å². The largest absolute Gasteiger partial charge is 0.519 e. The lowest BCUT2D eigenvalue weighted by atomic mass is 10.1. The van der Waals surface area contributed by atoms with E-state index in [9.17, 15) is 24.0 Å². The summed E-state index contributed by atoms with van der Waals surface area (Å²) in [5.41, 5.74) is -2.30. The molecule has 0 radical (unpaired) electrons. The Hall–Kier alpha value is -4.41. The van der Waals surface area contributed by atoms with E-state index >= 15 is 0 Å². The summed E-state index contributed by atoms with van der Waals surface area (Å²) in [6.45, 7) is 0. The van der Waals surface area contributed by atoms with Crippen LogP contribution in [0.1, 0.15) is 41.4 Å². The maximum atomic E-state index is 11.8. The summed E-state index contributed by atoms with van der Waals surface area (Å²) in [5, 5.41) is 35.9. The average molecular weight is 390 g/mol. The molecule has 0 bridgehead atoms. The van der Waals surface area contributed by atoms with E-state index in [0.717, 1.165) is 36.4 Å². The molecule has 0 aliphatic carbocycles. The van der Waals surface area contributed by atoms with Gasteiger partial charge < -0.3 is 29.9 Å². The molecule has 0 aliphatic heterocycles. The van der Waals surface area contributed by atoms with E-state index < -0.39 is 52.3 Å². The van der Waals surface area contributed by atoms with Crippen LogP contribution in [-0.2, 0) is 0 Å². The molecular weight excluding hydrogens is 380 g/mol. The fourth-order valence-corrected chi connectivity index (χ4v) is 2.11. The molecule has 0 aliphatic rings. The molecule has 2 aromatic carbocycles. The lowest BCUT2D eigenvalue weighted by molar-refractivity contribution is 0.0651. The van der Waals surface area contributed by atoms with Gasteiger partial charge in [-0.3, -0.25) is 0 Å². The molecule has 11 heteroatoms. The second-order valence-electron chi connectivity index (χ2n) is 5.09. The zero-order valence-corrected chi connectivity index (χ0v) is 13.6. The van der Waals surface area contributed by atoms with Gasteiger partial charge in [-0.15, -0.1) is 0 Å². The Kier molecular flexibility index (Phi) is 5.59. The third-order valence-corrected chi connectivity index (χ3v) is 3.31. The summed E-state index contributed by atoms with van der Waals surface area (Å²) in [4.78, 5) is 56.0. The summed E-state index contributed by atoms with van der Waals surface area (Å²) >= 11 is 0. The van der Waals surface area contributed by atoms with Gasteiger partial charge in [-0.1, -0.05) is 0 Å². The van der Waals surface area contributed by atoms with E-state index in [1.165, 1.54) is 0 Å². The molecule has 0 fully saturated rings. The van der Waals surface area contributed by atoms with Gasteiger partial charge in [0.2, 0.25) is 0 Å². The minimum atomic E-state index is -1.56. The monoisotopic (exact) mass is 390 g/mol. The number of ether oxygens (including phenoxy) is 2. The molecule has 0 unspecified atom stereocenters. The molecule has 0 spiro atoms. The third-order valence-electron chi connectivity index (χ3n) is 3.31. The molecule has 0 atom stereocenters. The Morgan fingerprint density at radius 3 is 1.14 bits per heavy atom. The van der Waals surface area contributed by atoms with Gasteiger partial charge in [-0.25, -0.2) is 24.0 Å². The van der Waals surface area contributed by atoms with Crippen molar-refractivity contribution in [3.63, 3.8) is 0 Å². The molecule has 0 amide bonds. The van der Waals surface area contributed by atoms with Crippen LogP contribution in [0.5, 0.6) is 11.5 Å². The van der Waals surface area contributed by atoms with Crippen LogP contribution in [0.3, 0.4) is 0 Å². The predicted octanol–water partition coefficient (Wildman–Crippen LogP) is 2.06. The summed E-state index contributed by atoms with van der Waals surface area (Å²) < 4.78 is 9.48. The summed E-state index contributed by atoms with van der Waals surface area (Å²) in [6, 6.07) is 5.46. The Morgan fingerprint density at radius 2 is 0.857 bits per heavy atom. The molecular formula is C17H10O11. The van der Waals surface area contributed by atoms with E-state index in [4.69, 9.17) is 29.9 Å². The molecule has 2 rings (SSSR count). The van der Waals surface area contributed by atoms with Crippen LogP contribution in [0.25, 0.3) is 0 Å². The molecule has 0 aromatic heterocycles. The first-order valence-electron chi connectivity index (χ1n) is 7.21. The van der Waals surface area contributed by atoms with Crippen molar-refractivity contribution in [3.8, 4) is 11.5 Å². The Morgan fingerprint density at radius 1 is 0.536 bits per heavy atom. The van der Waals surface area contributed by atoms with Crippen LogP contribution in [-0.4, -0.2) is 50.5 Å². The predicted molar refractivity (Wildman–Crippen MR) is 87.4 cm³/mol. The van der Waals surface area contributed by atoms with Gasteiger partial charge in [-0.05, 0) is 36.4 Å². The standard InChI is InChI=1S/C17H10O11/c18-13(19)9-3-1-7(5-11(9)15(22)23)27-17(26)28-8-2-4-10(14(20)21)12(6-8)16(24)25/h1-6H,(H,18,19)(H,20,21)(H,22,23)(H,24,25). The normalized spacial score (nSPS) is 10.0. The van der Waals surface area contributed by atoms with Crippen LogP contribution < -0.4 is 9.47 Å². The van der Waals surface area contributed by atoms with E-state index in [1.807, 2.05) is 0 Å². The number of carboxylic acids is 4. The summed E-state index contributed by atoms with van der Waals surface area (Å²) in [5.74, 6) is -6.79. The zero-order valence-electron chi connectivity index (χ0n) is 13.6. The van der Waals surface area contributed by atoms with E-state index in [2.05, 4.69) is 0 Å². The quantitative estimate of drug-likeness (QED) is 0.418. The molecule has 2 aromatic rings. The number of benzene rings is 2. The highest BCUT2D eigenvalue weighted by Crippen LogP contribution is 2.21. The van der Waals surface area contributed by atoms with E-state index in [-0.39, 0.29) is 11.5 Å². The highest BCUT2D eigenvalue weighted by atomic mass is 16.7. The number of carbonyl (C=O) groups excluding carboxylic acids is 1. The SMILES string of the molecule is O=C(Oc1ccc(C(=O)O)c(C(=O)O)c1)Oc1ccc(C(=O)O)c(C(=O)O)c1. The minimum Gasteiger partial charge on any atom is -0.478 e. The van der Waals surface area contributed by atoms with Gasteiger partial charge in [0.15, 0.2) is 0 Å². The number of rotatable bonds is 6. The highest BCUT2D eigenvalue weighted by Gasteiger charge is 2.20. The van der Waals surface area contributed by atoms with Crippen molar-refractivity contribution in [1.82, 2.24) is 0 Å². The van der Waals surface area contributed by atoms with E-state index in [0.29, 0.717) is 0 Å². The minimum absolute atomic E-state index is 0.340. The first-order chi connectivity index (χ1) is 13.1. The summed E-state index contributed by atoms with van der Waals surface area (Å²) in [6.07, 6.45) is -1.39. The zero-order chi connectivity index (χ0) is 21.0. The highest BCUT2D eigenvalue weighted by molar-refractivity contribution is 6.02. The molecule has 0 heterocycles. The maximum absolute atomic E-state index is 11.8. The molecule has 0 saturated heterocycles. The fourth-order valence-electron chi connectivity index (χ4n) is 2.11. The van der Waals surface area contributed by atoms with Gasteiger partial charge in [-0.2, -0.15) is 0 Å². The van der Waals surface area contributed by atoms with Crippen molar-refractivity contribution in [3.05, 3.63) is 58.7 Å². The fraction of sp³-hybridized carbons (Fsp3) is 0. The molecule has 4 N–H and O–H groups in total. The lowest BCUT2D eigenvalue weighted by Gasteiger charge is -2.09. The second kappa shape index (κ2) is 7.86. The number of hydrogen-bond donors (Lipinski definition) is 4. The van der Waals surface area contributed by atoms with Crippen LogP contribution >= 0.6 is 0 Å². The number of aromatic carboxylic acids is 4. The van der Waals surface area contributed by atoms with Crippen LogP contribution in [0.4, 0.5) is 4.79 Å². The van der Waals surface area contributed by atoms with Crippen molar-refractivity contribution in [2.45, 2.75) is 0 Å². The van der Waals surface area contributed by atoms with Crippen molar-refractivity contribution in [2.24, 2.45) is 0 Å². The smallest absolute Gasteiger partial charge is 0.478 e. The van der Waals surface area contributed by atoms with Crippen LogP contribution in [0.2, 0.25) is 0 Å². The van der Waals surface area contributed by atoms with Crippen LogP contribution in [0.15, 0.2) is 36.4 Å². The van der Waals surface area contributed by atoms with Crippen molar-refractivity contribution >= 4 is 30.0 Å². The third kappa shape index (κ3) is 4.40. The number of carboxylic acid groups (broad SMARTS) is 4. The van der Waals surface area contributed by atoms with Gasteiger partial charge >= 0.3 is 30.0 Å². The Labute approximate surface area is 155 Å².